The monoisotopic (exact) mass is 151 g/mol. The molecule has 0 atom stereocenters. The van der Waals surface area contributed by atoms with Crippen LogP contribution in [0.15, 0.2) is 11.3 Å². The van der Waals surface area contributed by atoms with E-state index in [1.54, 1.807) is 0 Å². The fourth-order valence-electron chi connectivity index (χ4n) is 0.423. The molecule has 0 fully saturated rings. The number of nitriles is 1. The summed E-state index contributed by atoms with van der Waals surface area (Å²) >= 11 is 1.01. The van der Waals surface area contributed by atoms with Crippen LogP contribution in [0, 0.1) is 11.3 Å². The Labute approximate surface area is 60.3 Å². The van der Waals surface area contributed by atoms with Crippen molar-refractivity contribution < 1.29 is 0 Å². The Kier molecular flexibility index (Phi) is 1.85. The summed E-state index contributed by atoms with van der Waals surface area (Å²) in [6.45, 7) is 0. The van der Waals surface area contributed by atoms with Gasteiger partial charge in [-0.25, -0.2) is 0 Å². The second-order valence-corrected chi connectivity index (χ2v) is 2.13. The zero-order valence-electron chi connectivity index (χ0n) is 4.72. The molecule has 1 aromatic rings. The molecule has 1 rings (SSSR count). The summed E-state index contributed by atoms with van der Waals surface area (Å²) in [5.41, 5.74) is 8.31. The van der Waals surface area contributed by atoms with Crippen LogP contribution in [-0.2, 0) is 0 Å². The highest BCUT2D eigenvalue weighted by atomic mass is 32.1. The Morgan fingerprint density at radius 3 is 3.30 bits per heavy atom. The van der Waals surface area contributed by atoms with Crippen LogP contribution in [0.25, 0.3) is 10.4 Å². The minimum absolute atomic E-state index is 0.322. The van der Waals surface area contributed by atoms with Crippen molar-refractivity contribution in [2.75, 3.05) is 0 Å². The minimum atomic E-state index is 0.322. The first-order valence-corrected chi connectivity index (χ1v) is 3.05. The molecule has 1 aromatic heterocycles. The maximum atomic E-state index is 8.37. The van der Waals surface area contributed by atoms with Gasteiger partial charge in [-0.05, 0) is 22.2 Å². The first kappa shape index (κ1) is 6.55. The van der Waals surface area contributed by atoms with Gasteiger partial charge >= 0.3 is 0 Å². The van der Waals surface area contributed by atoms with Gasteiger partial charge in [0.15, 0.2) is 0 Å². The van der Waals surface area contributed by atoms with Crippen LogP contribution in [-0.4, -0.2) is 4.37 Å². The summed E-state index contributed by atoms with van der Waals surface area (Å²) in [7, 11) is 0. The van der Waals surface area contributed by atoms with E-state index < -0.39 is 0 Å². The second kappa shape index (κ2) is 2.82. The Morgan fingerprint density at radius 2 is 2.70 bits per heavy atom. The van der Waals surface area contributed by atoms with Crippen molar-refractivity contribution in [3.63, 3.8) is 0 Å². The van der Waals surface area contributed by atoms with E-state index in [0.717, 1.165) is 11.5 Å². The van der Waals surface area contributed by atoms with E-state index in [9.17, 15) is 0 Å². The van der Waals surface area contributed by atoms with E-state index in [4.69, 9.17) is 10.8 Å². The van der Waals surface area contributed by atoms with Gasteiger partial charge in [-0.15, -0.1) is 0 Å². The number of rotatable bonds is 1. The first-order valence-electron chi connectivity index (χ1n) is 2.28. The molecule has 0 N–H and O–H groups in total. The minimum Gasteiger partial charge on any atom is -0.199 e. The fourth-order valence-corrected chi connectivity index (χ4v) is 0.950. The average Bonchev–Trinajstić information content (AvgIpc) is 2.36. The maximum Gasteiger partial charge on any atom is 0.129 e. The third-order valence-electron chi connectivity index (χ3n) is 0.807. The van der Waals surface area contributed by atoms with Gasteiger partial charge in [0.05, 0.1) is 11.8 Å². The lowest BCUT2D eigenvalue weighted by Crippen LogP contribution is -1.61. The quantitative estimate of drug-likeness (QED) is 0.349. The molecule has 6 heteroatoms. The van der Waals surface area contributed by atoms with Gasteiger partial charge in [-0.3, -0.25) is 0 Å². The van der Waals surface area contributed by atoms with Crippen LogP contribution in [0.5, 0.6) is 0 Å². The Hall–Kier alpha value is -1.57. The van der Waals surface area contributed by atoms with Crippen molar-refractivity contribution in [1.82, 2.24) is 4.37 Å². The van der Waals surface area contributed by atoms with Gasteiger partial charge in [0.25, 0.3) is 0 Å². The Bertz CT molecular complexity index is 315. The lowest BCUT2D eigenvalue weighted by atomic mass is 10.4. The molecule has 1 heterocycles. The van der Waals surface area contributed by atoms with Crippen LogP contribution in [0.4, 0.5) is 5.00 Å². The molecule has 0 aromatic carbocycles. The smallest absolute Gasteiger partial charge is 0.129 e. The number of aromatic nitrogens is 1. The van der Waals surface area contributed by atoms with Gasteiger partial charge in [-0.1, -0.05) is 0 Å². The van der Waals surface area contributed by atoms with Gasteiger partial charge in [0, 0.05) is 4.91 Å². The molecule has 0 radical (unpaired) electrons. The van der Waals surface area contributed by atoms with E-state index in [1.165, 1.54) is 6.20 Å². The Balaban J connectivity index is 3.16. The summed E-state index contributed by atoms with van der Waals surface area (Å²) < 4.78 is 3.67. The molecular formula is C4HN5S. The molecule has 0 saturated heterocycles. The fraction of sp³-hybridized carbons (Fsp3) is 0. The highest BCUT2D eigenvalue weighted by Gasteiger charge is 1.99. The number of nitrogens with zero attached hydrogens (tertiary/aromatic N) is 5. The zero-order valence-corrected chi connectivity index (χ0v) is 5.54. The molecule has 0 saturated carbocycles. The summed E-state index contributed by atoms with van der Waals surface area (Å²) in [4.78, 5) is 2.53. The average molecular weight is 151 g/mol. The predicted octanol–water partition coefficient (Wildman–Crippen LogP) is 1.96. The molecule has 0 aliphatic rings. The number of azide groups is 1. The van der Waals surface area contributed by atoms with Crippen molar-refractivity contribution in [3.05, 3.63) is 22.2 Å². The highest BCUT2D eigenvalue weighted by molar-refractivity contribution is 7.10. The number of hydrogen-bond donors (Lipinski definition) is 0. The standard InChI is InChI=1S/C4HN5S/c5-1-3-2-7-10-4(3)8-9-6/h2H. The van der Waals surface area contributed by atoms with Gasteiger partial charge in [0.2, 0.25) is 0 Å². The van der Waals surface area contributed by atoms with Crippen molar-refractivity contribution >= 4 is 16.5 Å². The maximum absolute atomic E-state index is 8.37. The van der Waals surface area contributed by atoms with Crippen molar-refractivity contribution in [3.8, 4) is 6.07 Å². The summed E-state index contributed by atoms with van der Waals surface area (Å²) in [6.07, 6.45) is 1.37. The van der Waals surface area contributed by atoms with E-state index in [0.29, 0.717) is 10.6 Å². The summed E-state index contributed by atoms with van der Waals surface area (Å²) in [6, 6.07) is 1.84. The van der Waals surface area contributed by atoms with Crippen LogP contribution >= 0.6 is 11.5 Å². The molecule has 0 bridgehead atoms. The molecule has 0 unspecified atom stereocenters. The van der Waals surface area contributed by atoms with E-state index in [-0.39, 0.29) is 0 Å². The van der Waals surface area contributed by atoms with E-state index in [1.807, 2.05) is 6.07 Å². The molecule has 0 aliphatic heterocycles. The Morgan fingerprint density at radius 1 is 1.90 bits per heavy atom. The molecular weight excluding hydrogens is 150 g/mol. The summed E-state index contributed by atoms with van der Waals surface area (Å²) in [5, 5.41) is 11.9. The topological polar surface area (TPSA) is 85.4 Å². The van der Waals surface area contributed by atoms with Crippen LogP contribution < -0.4 is 0 Å². The molecule has 0 spiro atoms. The van der Waals surface area contributed by atoms with Gasteiger partial charge in [0.1, 0.15) is 11.1 Å². The molecule has 48 valence electrons. The van der Waals surface area contributed by atoms with Gasteiger partial charge < -0.3 is 0 Å². The molecule has 10 heavy (non-hydrogen) atoms. The van der Waals surface area contributed by atoms with Crippen LogP contribution in [0.3, 0.4) is 0 Å². The SMILES string of the molecule is N#Cc1cnsc1N=[N+]=[N-]. The van der Waals surface area contributed by atoms with Crippen LogP contribution in [0.2, 0.25) is 0 Å². The van der Waals surface area contributed by atoms with E-state index >= 15 is 0 Å². The van der Waals surface area contributed by atoms with Crippen molar-refractivity contribution in [1.29, 1.82) is 5.26 Å². The summed E-state index contributed by atoms with van der Waals surface area (Å²) in [5.74, 6) is 0. The van der Waals surface area contributed by atoms with Crippen molar-refractivity contribution in [2.45, 2.75) is 0 Å². The second-order valence-electron chi connectivity index (χ2n) is 1.35. The predicted molar refractivity (Wildman–Crippen MR) is 35.6 cm³/mol. The van der Waals surface area contributed by atoms with Crippen molar-refractivity contribution in [2.24, 2.45) is 5.11 Å². The van der Waals surface area contributed by atoms with Crippen LogP contribution in [0.1, 0.15) is 5.56 Å². The highest BCUT2D eigenvalue weighted by Crippen LogP contribution is 2.22. The molecule has 0 aliphatic carbocycles. The lowest BCUT2D eigenvalue weighted by molar-refractivity contribution is 1.45. The number of hydrogen-bond acceptors (Lipinski definition) is 4. The third kappa shape index (κ3) is 1.05. The lowest BCUT2D eigenvalue weighted by Gasteiger charge is -1.75. The largest absolute Gasteiger partial charge is 0.199 e. The first-order chi connectivity index (χ1) is 4.88. The van der Waals surface area contributed by atoms with E-state index in [2.05, 4.69) is 14.4 Å². The molecule has 5 nitrogen and oxygen atoms in total. The zero-order chi connectivity index (χ0) is 7.40. The molecule has 0 amide bonds. The normalized spacial score (nSPS) is 7.90. The third-order valence-corrected chi connectivity index (χ3v) is 1.49. The van der Waals surface area contributed by atoms with Gasteiger partial charge in [-0.2, -0.15) is 9.64 Å².